The van der Waals surface area contributed by atoms with Crippen LogP contribution in [0.25, 0.3) is 0 Å². The number of nitrogens with one attached hydrogen (secondary N) is 3. The third-order valence-corrected chi connectivity index (χ3v) is 30.0. The zero-order valence-electron chi connectivity index (χ0n) is 88.0. The Kier molecular flexibility index (Phi) is 58.2. The molecule has 9 rings (SSSR count). The second-order valence-corrected chi connectivity index (χ2v) is 41.9. The predicted octanol–water partition coefficient (Wildman–Crippen LogP) is -2.75. The van der Waals surface area contributed by atoms with Crippen molar-refractivity contribution in [1.29, 1.82) is 0 Å². The second-order valence-electron chi connectivity index (χ2n) is 41.9. The molecule has 0 aromatic rings. The van der Waals surface area contributed by atoms with Gasteiger partial charge in [0.1, 0.15) is 201 Å². The van der Waals surface area contributed by atoms with Gasteiger partial charge in [-0.3, -0.25) is 14.4 Å². The van der Waals surface area contributed by atoms with Crippen LogP contribution in [0.1, 0.15) is 280 Å². The molecule has 0 bridgehead atoms. The van der Waals surface area contributed by atoms with Gasteiger partial charge in [0.25, 0.3) is 0 Å². The molecule has 18 unspecified atom stereocenters. The van der Waals surface area contributed by atoms with Crippen molar-refractivity contribution < 1.29 is 222 Å². The normalized spacial score (nSPS) is 40.1. The second kappa shape index (κ2) is 67.3. The van der Waals surface area contributed by atoms with Crippen LogP contribution in [-0.2, 0) is 99.6 Å². The van der Waals surface area contributed by atoms with Crippen LogP contribution < -0.4 is 16.0 Å². The van der Waals surface area contributed by atoms with E-state index < -0.39 is 346 Å². The maximum absolute atomic E-state index is 13.8. The molecule has 876 valence electrons. The van der Waals surface area contributed by atoms with Crippen molar-refractivity contribution in [3.8, 4) is 0 Å². The minimum atomic E-state index is -2.51. The molecule has 48 heteroatoms. The van der Waals surface area contributed by atoms with Crippen LogP contribution in [0.4, 0.5) is 0 Å². The fourth-order valence-electron chi connectivity index (χ4n) is 20.8. The highest BCUT2D eigenvalue weighted by Crippen LogP contribution is 2.43. The molecule has 150 heavy (non-hydrogen) atoms. The van der Waals surface area contributed by atoms with E-state index in [4.69, 9.17) is 85.3 Å². The lowest BCUT2D eigenvalue weighted by Crippen LogP contribution is -2.72. The Bertz CT molecular complexity index is 3710. The van der Waals surface area contributed by atoms with Gasteiger partial charge in [-0.1, -0.05) is 231 Å². The van der Waals surface area contributed by atoms with Crippen molar-refractivity contribution in [1.82, 2.24) is 16.0 Å². The van der Waals surface area contributed by atoms with Gasteiger partial charge >= 0.3 is 0 Å². The molecule has 0 aliphatic carbocycles. The van der Waals surface area contributed by atoms with Crippen LogP contribution in [-0.4, -0.2) is 475 Å². The molecule has 9 saturated heterocycles. The Balaban J connectivity index is 0.901. The number of aliphatic hydroxyl groups excluding tert-OH is 24. The monoisotopic (exact) mass is 2170 g/mol. The highest BCUT2D eigenvalue weighted by molar-refractivity contribution is 5.76. The summed E-state index contributed by atoms with van der Waals surface area (Å²) in [6, 6.07) is -5.22. The van der Waals surface area contributed by atoms with Crippen molar-refractivity contribution in [2.24, 2.45) is 0 Å². The first kappa shape index (κ1) is 130. The van der Waals surface area contributed by atoms with Gasteiger partial charge in [0.15, 0.2) is 56.6 Å². The molecule has 9 aliphatic heterocycles. The first-order valence-corrected chi connectivity index (χ1v) is 55.1. The average Bonchev–Trinajstić information content (AvgIpc) is 0.753. The minimum absolute atomic E-state index is 0.133. The molecular formula is C102H183N3O45. The van der Waals surface area contributed by atoms with Crippen molar-refractivity contribution >= 4 is 17.7 Å². The highest BCUT2D eigenvalue weighted by Gasteiger charge is 2.63. The van der Waals surface area contributed by atoms with Crippen molar-refractivity contribution in [2.45, 2.75) is 568 Å². The van der Waals surface area contributed by atoms with Gasteiger partial charge in [-0.15, -0.1) is 0 Å². The smallest absolute Gasteiger partial charge is 0.220 e. The Labute approximate surface area is 878 Å². The van der Waals surface area contributed by atoms with E-state index in [9.17, 15) is 137 Å². The van der Waals surface area contributed by atoms with Gasteiger partial charge in [0.2, 0.25) is 17.7 Å². The molecule has 0 radical (unpaired) electrons. The van der Waals surface area contributed by atoms with E-state index in [-0.39, 0.29) is 12.3 Å². The van der Waals surface area contributed by atoms with Gasteiger partial charge in [0.05, 0.1) is 76.7 Å². The summed E-state index contributed by atoms with van der Waals surface area (Å²) in [5.41, 5.74) is 0. The number of ether oxygens (including phenoxy) is 18. The van der Waals surface area contributed by atoms with Crippen LogP contribution in [0.5, 0.6) is 0 Å². The lowest BCUT2D eigenvalue weighted by molar-refractivity contribution is -0.404. The SMILES string of the molecule is CCCCCCCCCCCCC/C=C/[C@@H](O)[C@H](CO[C@@H]1OC(CO)[C@@H](O[C@@H]2OC(CO)[C@H](O)[C@H](O[C@@H]3OC(CO)[C@@H](O[C@@H]4OC(CO)[C@H](O)[C@H](O[C@@H]5OC(CO)[C@@H](O[C@@H]6OC(CO)[C@H](O)[C@H](O)C6O[C@H]6OC(C)[C@@H](O)C(O)[C@@H]6O)[C@H](O[C@H]6OC(C)[C@@H](O)C(O)[C@@H]6O)C5NC(C)=O)C4O)[C@H](O[C@H]4OC(C)[C@@H](O)C(O)[C@@H]4O)C3NC(C)=O)C2O)[C@H](O)C1O)NC(=O)CCCCCCCCCCCCCCCCCCCCCCCCC. The number of amides is 3. The molecule has 27 N–H and O–H groups in total. The number of carbonyl (C=O) groups is 3. The van der Waals surface area contributed by atoms with E-state index in [2.05, 4.69) is 29.8 Å². The van der Waals surface area contributed by atoms with Gasteiger partial charge in [-0.05, 0) is 40.0 Å². The van der Waals surface area contributed by atoms with Gasteiger partial charge < -0.3 is 224 Å². The number of hydrogen-bond donors (Lipinski definition) is 27. The first-order chi connectivity index (χ1) is 71.9. The van der Waals surface area contributed by atoms with E-state index >= 15 is 0 Å². The number of aliphatic hydroxyl groups is 24. The Hall–Kier alpha value is -3.53. The third-order valence-electron chi connectivity index (χ3n) is 30.0. The van der Waals surface area contributed by atoms with E-state index in [1.54, 1.807) is 6.08 Å². The number of allylic oxidation sites excluding steroid dienone is 1. The minimum Gasteiger partial charge on any atom is -0.394 e. The molecule has 0 spiro atoms. The van der Waals surface area contributed by atoms with Crippen molar-refractivity contribution in [3.05, 3.63) is 12.2 Å². The first-order valence-electron chi connectivity index (χ1n) is 55.1. The lowest BCUT2D eigenvalue weighted by Gasteiger charge is -2.53. The number of rotatable bonds is 66. The molecule has 47 atom stereocenters. The standard InChI is InChI=1S/C102H183N3O45/c1-8-10-12-14-16-18-20-22-23-24-25-26-27-28-29-30-31-33-35-37-39-41-43-45-66(115)105-58(59(114)44-42-40-38-36-34-32-21-19-17-15-13-11-9-2)52-133-96-83(130)79(126)86(63(49-109)142-96)143-100-84(131)91(73(120)61(47-107)137-100)148-94-67(103-56(6)112)89(146-97-80(127)75(122)69(116)53(3)134-97)87(64(50-110)140-94)144-101-85(132)92(74(121)62(48-108)138-101)149-95-68(104-57(7)113)90(147-98-81(128)76(123)70(117)54(4)135-98)88(65(51-111)141-95)145-102-93(78(125)72(119)60(46-106)139-102)150-99-82(129)77(124)71(118)55(5)136-99/h42,44,53-55,58-65,67-102,106-111,114,116-132H,8-41,43,45-52H2,1-7H3,(H,103,112)(H,104,113)(H,105,115)/b44-42+/t53?,54?,55?,58-,59+,60?,61?,62?,63?,64?,65?,67?,68?,69+,70+,71+,72-,73-,74-,75?,76?,77?,78-,79+,80-,81-,82-,83?,84?,85?,86+,87+,88+,89+,90+,91-,92-,93?,94-,95-,96+,97+,98+,99+,100-,101-,102-/m0/s1. The van der Waals surface area contributed by atoms with Crippen LogP contribution >= 0.6 is 0 Å². The van der Waals surface area contributed by atoms with E-state index in [0.29, 0.717) is 12.8 Å². The lowest BCUT2D eigenvalue weighted by atomic mass is 9.93. The van der Waals surface area contributed by atoms with Crippen LogP contribution in [0.3, 0.4) is 0 Å². The molecule has 3 amide bonds. The third kappa shape index (κ3) is 37.5. The zero-order chi connectivity index (χ0) is 110. The van der Waals surface area contributed by atoms with Crippen molar-refractivity contribution in [2.75, 3.05) is 46.2 Å². The van der Waals surface area contributed by atoms with E-state index in [1.165, 1.54) is 175 Å². The number of unbranched alkanes of at least 4 members (excludes halogenated alkanes) is 33. The summed E-state index contributed by atoms with van der Waals surface area (Å²) in [7, 11) is 0. The van der Waals surface area contributed by atoms with Gasteiger partial charge in [-0.25, -0.2) is 0 Å². The summed E-state index contributed by atoms with van der Waals surface area (Å²) in [6.07, 6.45) is -43.8. The quantitative estimate of drug-likeness (QED) is 0.0217. The van der Waals surface area contributed by atoms with Gasteiger partial charge in [-0.2, -0.15) is 0 Å². The van der Waals surface area contributed by atoms with Crippen LogP contribution in [0, 0.1) is 0 Å². The van der Waals surface area contributed by atoms with Crippen LogP contribution in [0.15, 0.2) is 12.2 Å². The summed E-state index contributed by atoms with van der Waals surface area (Å²) in [5.74, 6) is -2.37. The maximum atomic E-state index is 13.8. The maximum Gasteiger partial charge on any atom is 0.220 e. The molecule has 0 aromatic heterocycles. The fourth-order valence-corrected chi connectivity index (χ4v) is 20.8. The molecule has 48 nitrogen and oxygen atoms in total. The molecule has 9 fully saturated rings. The van der Waals surface area contributed by atoms with E-state index in [0.717, 1.165) is 71.6 Å². The molecule has 0 saturated carbocycles. The summed E-state index contributed by atoms with van der Waals surface area (Å²) in [5, 5.41) is 282. The summed E-state index contributed by atoms with van der Waals surface area (Å²) in [6.45, 7) is 2.75. The highest BCUT2D eigenvalue weighted by atomic mass is 16.8. The molecule has 9 aliphatic rings. The average molecular weight is 2170 g/mol. The van der Waals surface area contributed by atoms with E-state index in [1.807, 2.05) is 6.08 Å². The molecule has 0 aromatic carbocycles. The Morgan fingerprint density at radius 1 is 0.273 bits per heavy atom. The summed E-state index contributed by atoms with van der Waals surface area (Å²) in [4.78, 5) is 41.3. The zero-order valence-corrected chi connectivity index (χ0v) is 88.0. The van der Waals surface area contributed by atoms with Gasteiger partial charge in [0, 0.05) is 20.3 Å². The largest absolute Gasteiger partial charge is 0.394 e. The fraction of sp³-hybridized carbons (Fsp3) is 0.951. The molecular weight excluding hydrogens is 1990 g/mol. The predicted molar refractivity (Wildman–Crippen MR) is 524 cm³/mol. The van der Waals surface area contributed by atoms with Crippen molar-refractivity contribution in [3.63, 3.8) is 0 Å². The topological polar surface area (TPSA) is 739 Å². The Morgan fingerprint density at radius 2 is 0.547 bits per heavy atom. The van der Waals surface area contributed by atoms with Crippen LogP contribution in [0.2, 0.25) is 0 Å². The Morgan fingerprint density at radius 3 is 0.907 bits per heavy atom. The molecule has 9 heterocycles. The number of carbonyl (C=O) groups excluding carboxylic acids is 3. The summed E-state index contributed by atoms with van der Waals surface area (Å²) < 4.78 is 111. The summed E-state index contributed by atoms with van der Waals surface area (Å²) >= 11 is 0. The number of hydrogen-bond acceptors (Lipinski definition) is 45.